The van der Waals surface area contributed by atoms with Crippen molar-refractivity contribution in [3.05, 3.63) is 0 Å². The minimum Gasteiger partial charge on any atom is -0.300 e. The highest BCUT2D eigenvalue weighted by Crippen LogP contribution is 2.12. The van der Waals surface area contributed by atoms with Crippen LogP contribution >= 0.6 is 0 Å². The second-order valence-electron chi connectivity index (χ2n) is 3.98. The van der Waals surface area contributed by atoms with E-state index in [1.807, 2.05) is 6.92 Å². The maximum Gasteiger partial charge on any atom is 0.266 e. The zero-order valence-corrected chi connectivity index (χ0v) is 11.2. The van der Waals surface area contributed by atoms with Gasteiger partial charge in [0.05, 0.1) is 5.75 Å². The first-order valence-electron chi connectivity index (χ1n) is 5.78. The number of carbonyl (C=O) groups excluding carboxylic acids is 1. The number of unbranched alkanes of at least 4 members (excludes halogenated alkanes) is 1. The number of Topliss-reactive ketones (excluding diaryl/α,β-unsaturated/α-hetero) is 1. The molecule has 0 bridgehead atoms. The zero-order chi connectivity index (χ0) is 13.3. The summed E-state index contributed by atoms with van der Waals surface area (Å²) in [5, 5.41) is 0. The monoisotopic (exact) mass is 260 g/mol. The van der Waals surface area contributed by atoms with Gasteiger partial charge in [-0.05, 0) is 19.8 Å². The summed E-state index contributed by atoms with van der Waals surface area (Å²) < 4.78 is 30.2. The van der Waals surface area contributed by atoms with Crippen molar-refractivity contribution < 1.29 is 17.8 Å². The maximum atomic E-state index is 11.0. The van der Waals surface area contributed by atoms with Gasteiger partial charge in [-0.3, -0.25) is 9.35 Å². The van der Waals surface area contributed by atoms with Crippen LogP contribution in [0.25, 0.3) is 0 Å². The zero-order valence-electron chi connectivity index (χ0n) is 10.4. The Morgan fingerprint density at radius 2 is 2.00 bits per heavy atom. The van der Waals surface area contributed by atoms with Gasteiger partial charge in [0.15, 0.2) is 0 Å². The molecule has 98 valence electrons. The van der Waals surface area contributed by atoms with Gasteiger partial charge in [0.2, 0.25) is 0 Å². The van der Waals surface area contributed by atoms with Crippen LogP contribution in [0.15, 0.2) is 0 Å². The highest BCUT2D eigenvalue weighted by molar-refractivity contribution is 7.85. The molecule has 0 aromatic rings. The van der Waals surface area contributed by atoms with E-state index in [-0.39, 0.29) is 17.5 Å². The molecule has 0 aromatic carbocycles. The maximum absolute atomic E-state index is 11.0. The largest absolute Gasteiger partial charge is 0.300 e. The molecular formula is C12H20O4S. The van der Waals surface area contributed by atoms with Crippen LogP contribution in [0.2, 0.25) is 0 Å². The predicted molar refractivity (Wildman–Crippen MR) is 67.1 cm³/mol. The smallest absolute Gasteiger partial charge is 0.266 e. The fraction of sp³-hybridized carbons (Fsp3) is 0.750. The van der Waals surface area contributed by atoms with Crippen molar-refractivity contribution in [2.45, 2.75) is 46.0 Å². The van der Waals surface area contributed by atoms with Crippen LogP contribution in [-0.2, 0) is 14.9 Å². The van der Waals surface area contributed by atoms with Gasteiger partial charge >= 0.3 is 0 Å². The third-order valence-electron chi connectivity index (χ3n) is 2.41. The molecule has 0 aromatic heterocycles. The molecule has 1 unspecified atom stereocenters. The molecule has 5 heteroatoms. The first-order chi connectivity index (χ1) is 7.89. The summed E-state index contributed by atoms with van der Waals surface area (Å²) in [6.45, 7) is 3.46. The number of hydrogen-bond acceptors (Lipinski definition) is 3. The van der Waals surface area contributed by atoms with E-state index in [0.717, 1.165) is 12.8 Å². The van der Waals surface area contributed by atoms with Crippen molar-refractivity contribution >= 4 is 15.9 Å². The Morgan fingerprint density at radius 1 is 1.35 bits per heavy atom. The molecular weight excluding hydrogens is 240 g/mol. The van der Waals surface area contributed by atoms with Gasteiger partial charge in [0.25, 0.3) is 10.1 Å². The number of rotatable bonds is 8. The molecule has 0 heterocycles. The summed E-state index contributed by atoms with van der Waals surface area (Å²) in [4.78, 5) is 11.0. The molecule has 0 radical (unpaired) electrons. The number of carbonyl (C=O) groups is 1. The Labute approximate surface area is 104 Å². The highest BCUT2D eigenvalue weighted by Gasteiger charge is 2.14. The van der Waals surface area contributed by atoms with Crippen LogP contribution in [0.4, 0.5) is 0 Å². The number of ketones is 1. The van der Waals surface area contributed by atoms with E-state index >= 15 is 0 Å². The summed E-state index contributed by atoms with van der Waals surface area (Å²) >= 11 is 0. The molecule has 0 aliphatic rings. The Morgan fingerprint density at radius 3 is 2.47 bits per heavy atom. The lowest BCUT2D eigenvalue weighted by molar-refractivity contribution is -0.118. The lowest BCUT2D eigenvalue weighted by Gasteiger charge is -2.08. The van der Waals surface area contributed by atoms with E-state index in [2.05, 4.69) is 11.8 Å². The van der Waals surface area contributed by atoms with Gasteiger partial charge in [-0.2, -0.15) is 8.42 Å². The Balaban J connectivity index is 4.01. The van der Waals surface area contributed by atoms with Gasteiger partial charge in [-0.1, -0.05) is 19.3 Å². The van der Waals surface area contributed by atoms with Crippen LogP contribution in [0, 0.1) is 17.8 Å². The molecule has 0 saturated carbocycles. The molecule has 4 nitrogen and oxygen atoms in total. The number of hydrogen-bond donors (Lipinski definition) is 1. The van der Waals surface area contributed by atoms with Gasteiger partial charge < -0.3 is 0 Å². The van der Waals surface area contributed by atoms with Gasteiger partial charge in [-0.25, -0.2) is 0 Å². The van der Waals surface area contributed by atoms with E-state index in [1.165, 1.54) is 0 Å². The van der Waals surface area contributed by atoms with Crippen LogP contribution in [-0.4, -0.2) is 24.5 Å². The Hall–Kier alpha value is -0.860. The normalized spacial score (nSPS) is 12.6. The second kappa shape index (κ2) is 8.26. The van der Waals surface area contributed by atoms with Crippen LogP contribution in [0.3, 0.4) is 0 Å². The highest BCUT2D eigenvalue weighted by atomic mass is 32.2. The molecule has 0 aliphatic carbocycles. The predicted octanol–water partition coefficient (Wildman–Crippen LogP) is 2.05. The van der Waals surface area contributed by atoms with Crippen molar-refractivity contribution in [1.29, 1.82) is 0 Å². The Bertz CT molecular complexity index is 386. The van der Waals surface area contributed by atoms with Gasteiger partial charge in [0.1, 0.15) is 5.78 Å². The van der Waals surface area contributed by atoms with E-state index in [9.17, 15) is 13.2 Å². The van der Waals surface area contributed by atoms with Crippen LogP contribution in [0.5, 0.6) is 0 Å². The quantitative estimate of drug-likeness (QED) is 0.412. The molecule has 0 amide bonds. The first kappa shape index (κ1) is 16.1. The van der Waals surface area contributed by atoms with Crippen LogP contribution in [0.1, 0.15) is 46.0 Å². The molecule has 17 heavy (non-hydrogen) atoms. The van der Waals surface area contributed by atoms with Crippen molar-refractivity contribution in [3.8, 4) is 11.8 Å². The molecule has 0 spiro atoms. The van der Waals surface area contributed by atoms with Crippen LogP contribution < -0.4 is 0 Å². The summed E-state index contributed by atoms with van der Waals surface area (Å²) in [5.41, 5.74) is 0. The molecule has 0 rings (SSSR count). The molecule has 0 aliphatic heterocycles. The minimum absolute atomic E-state index is 0.220. The van der Waals surface area contributed by atoms with Crippen molar-refractivity contribution in [2.24, 2.45) is 5.92 Å². The molecule has 1 N–H and O–H groups in total. The summed E-state index contributed by atoms with van der Waals surface area (Å²) in [7, 11) is -3.97. The summed E-state index contributed by atoms with van der Waals surface area (Å²) in [5.74, 6) is 4.98. The van der Waals surface area contributed by atoms with E-state index < -0.39 is 10.1 Å². The first-order valence-corrected chi connectivity index (χ1v) is 7.39. The standard InChI is InChI=1S/C12H20O4S/c1-3-7-11(10-17(14,15)16)8-5-6-9-12(13)4-2/h11H,4-6,8-10H2,1-2H3,(H,14,15,16). The van der Waals surface area contributed by atoms with E-state index in [4.69, 9.17) is 4.55 Å². The van der Waals surface area contributed by atoms with Crippen molar-refractivity contribution in [2.75, 3.05) is 5.75 Å². The average molecular weight is 260 g/mol. The summed E-state index contributed by atoms with van der Waals surface area (Å²) in [6, 6.07) is 0. The fourth-order valence-corrected chi connectivity index (χ4v) is 2.30. The third kappa shape index (κ3) is 10.0. The lowest BCUT2D eigenvalue weighted by atomic mass is 10.0. The fourth-order valence-electron chi connectivity index (χ4n) is 1.55. The topological polar surface area (TPSA) is 71.4 Å². The SMILES string of the molecule is CC#CC(CCCCC(=O)CC)CS(=O)(=O)O. The van der Waals surface area contributed by atoms with Gasteiger partial charge in [-0.15, -0.1) is 5.92 Å². The third-order valence-corrected chi connectivity index (χ3v) is 3.24. The average Bonchev–Trinajstić information content (AvgIpc) is 2.22. The Kier molecular flexibility index (Phi) is 7.85. The van der Waals surface area contributed by atoms with Crippen molar-refractivity contribution in [3.63, 3.8) is 0 Å². The molecule has 1 atom stereocenters. The van der Waals surface area contributed by atoms with E-state index in [1.54, 1.807) is 6.92 Å². The molecule has 0 saturated heterocycles. The lowest BCUT2D eigenvalue weighted by Crippen LogP contribution is -2.14. The minimum atomic E-state index is -3.97. The van der Waals surface area contributed by atoms with E-state index in [0.29, 0.717) is 19.3 Å². The molecule has 0 fully saturated rings. The van der Waals surface area contributed by atoms with Crippen molar-refractivity contribution in [1.82, 2.24) is 0 Å². The summed E-state index contributed by atoms with van der Waals surface area (Å²) in [6.07, 6.45) is 3.18. The second-order valence-corrected chi connectivity index (χ2v) is 5.48. The van der Waals surface area contributed by atoms with Gasteiger partial charge in [0, 0.05) is 18.8 Å².